The molecule has 1 aliphatic rings. The van der Waals surface area contributed by atoms with E-state index in [1.165, 1.54) is 16.7 Å². The fraction of sp³-hybridized carbons (Fsp3) is 0.217. The van der Waals surface area contributed by atoms with Crippen molar-refractivity contribution in [2.75, 3.05) is 13.2 Å². The molecule has 1 aromatic heterocycles. The van der Waals surface area contributed by atoms with Gasteiger partial charge in [-0.15, -0.1) is 0 Å². The quantitative estimate of drug-likeness (QED) is 0.598. The first kappa shape index (κ1) is 18.8. The molecule has 4 rings (SSSR count). The summed E-state index contributed by atoms with van der Waals surface area (Å²) in [4.78, 5) is 11.5. The van der Waals surface area contributed by atoms with Crippen LogP contribution in [0.1, 0.15) is 29.2 Å². The minimum Gasteiger partial charge on any atom is -0.396 e. The summed E-state index contributed by atoms with van der Waals surface area (Å²) in [5.41, 5.74) is 4.58. The Balaban J connectivity index is 1.82. The number of hydrogen-bond donors (Lipinski definition) is 1. The second-order valence-corrected chi connectivity index (χ2v) is 7.76. The van der Waals surface area contributed by atoms with Crippen LogP contribution < -0.4 is 0 Å². The minimum absolute atomic E-state index is 0.0644. The molecule has 4 nitrogen and oxygen atoms in total. The van der Waals surface area contributed by atoms with E-state index < -0.39 is 0 Å². The molecular formula is C23H22BrN3O. The first-order chi connectivity index (χ1) is 13.8. The van der Waals surface area contributed by atoms with Crippen LogP contribution in [0.5, 0.6) is 0 Å². The molecule has 1 aliphatic heterocycles. The highest BCUT2D eigenvalue weighted by atomic mass is 79.9. The van der Waals surface area contributed by atoms with Crippen LogP contribution >= 0.6 is 15.9 Å². The van der Waals surface area contributed by atoms with E-state index in [0.717, 1.165) is 29.0 Å². The number of pyridine rings is 1. The van der Waals surface area contributed by atoms with Gasteiger partial charge in [0, 0.05) is 42.0 Å². The van der Waals surface area contributed by atoms with E-state index in [2.05, 4.69) is 62.2 Å². The predicted molar refractivity (Wildman–Crippen MR) is 116 cm³/mol. The Hall–Kier alpha value is -2.50. The summed E-state index contributed by atoms with van der Waals surface area (Å²) in [6.07, 6.45) is 5.06. The van der Waals surface area contributed by atoms with Crippen LogP contribution in [0, 0.1) is 0 Å². The smallest absolute Gasteiger partial charge is 0.110 e. The molecule has 0 fully saturated rings. The molecule has 3 aromatic rings. The fourth-order valence-corrected chi connectivity index (χ4v) is 4.06. The van der Waals surface area contributed by atoms with Gasteiger partial charge in [0.15, 0.2) is 0 Å². The van der Waals surface area contributed by atoms with Gasteiger partial charge in [0.1, 0.15) is 5.84 Å². The first-order valence-corrected chi connectivity index (χ1v) is 10.2. The van der Waals surface area contributed by atoms with E-state index in [1.54, 1.807) is 0 Å². The van der Waals surface area contributed by atoms with Gasteiger partial charge in [-0.25, -0.2) is 4.99 Å². The Kier molecular flexibility index (Phi) is 5.84. The van der Waals surface area contributed by atoms with Crippen LogP contribution in [-0.4, -0.2) is 34.0 Å². The molecule has 0 aliphatic carbocycles. The van der Waals surface area contributed by atoms with Gasteiger partial charge in [0.2, 0.25) is 0 Å². The molecule has 2 aromatic carbocycles. The Morgan fingerprint density at radius 2 is 1.79 bits per heavy atom. The summed E-state index contributed by atoms with van der Waals surface area (Å²) >= 11 is 3.62. The van der Waals surface area contributed by atoms with Gasteiger partial charge >= 0.3 is 0 Å². The summed E-state index contributed by atoms with van der Waals surface area (Å²) in [5.74, 6) is 1.02. The molecule has 0 bridgehead atoms. The maximum Gasteiger partial charge on any atom is 0.110 e. The van der Waals surface area contributed by atoms with E-state index in [0.29, 0.717) is 6.42 Å². The first-order valence-electron chi connectivity index (χ1n) is 9.44. The van der Waals surface area contributed by atoms with Gasteiger partial charge in [0.05, 0.1) is 11.7 Å². The second-order valence-electron chi connectivity index (χ2n) is 6.85. The second kappa shape index (κ2) is 8.67. The number of aliphatic imine (C=N–C) groups is 1. The molecule has 0 radical (unpaired) electrons. The average molecular weight is 436 g/mol. The van der Waals surface area contributed by atoms with Crippen molar-refractivity contribution in [2.24, 2.45) is 4.99 Å². The molecule has 1 N–H and O–H groups in total. The van der Waals surface area contributed by atoms with Crippen LogP contribution in [0.25, 0.3) is 0 Å². The Bertz CT molecular complexity index is 960. The number of aliphatic hydroxyl groups is 1. The fourth-order valence-electron chi connectivity index (χ4n) is 3.68. The molecule has 0 amide bonds. The third-order valence-corrected chi connectivity index (χ3v) is 5.45. The predicted octanol–water partition coefficient (Wildman–Crippen LogP) is 4.90. The van der Waals surface area contributed by atoms with Crippen molar-refractivity contribution in [3.05, 3.63) is 94.2 Å². The number of rotatable bonds is 6. The van der Waals surface area contributed by atoms with Crippen LogP contribution in [0.4, 0.5) is 5.69 Å². The zero-order valence-corrected chi connectivity index (χ0v) is 17.1. The topological polar surface area (TPSA) is 48.7 Å². The van der Waals surface area contributed by atoms with Gasteiger partial charge in [-0.1, -0.05) is 46.3 Å². The zero-order valence-electron chi connectivity index (χ0n) is 15.5. The van der Waals surface area contributed by atoms with Crippen LogP contribution in [0.15, 0.2) is 82.5 Å². The third kappa shape index (κ3) is 4.01. The van der Waals surface area contributed by atoms with Gasteiger partial charge in [0.25, 0.3) is 0 Å². The summed E-state index contributed by atoms with van der Waals surface area (Å²) in [6, 6.07) is 20.9. The number of hydrogen-bond acceptors (Lipinski definition) is 4. The van der Waals surface area contributed by atoms with Crippen molar-refractivity contribution < 1.29 is 5.11 Å². The van der Waals surface area contributed by atoms with E-state index in [1.807, 2.05) is 36.7 Å². The van der Waals surface area contributed by atoms with Crippen molar-refractivity contribution in [2.45, 2.75) is 18.9 Å². The van der Waals surface area contributed by atoms with E-state index in [-0.39, 0.29) is 12.6 Å². The number of halogens is 1. The third-order valence-electron chi connectivity index (χ3n) is 4.96. The van der Waals surface area contributed by atoms with Crippen molar-refractivity contribution in [1.29, 1.82) is 0 Å². The molecule has 1 atom stereocenters. The highest BCUT2D eigenvalue weighted by Crippen LogP contribution is 2.41. The summed E-state index contributed by atoms with van der Waals surface area (Å²) in [6.45, 7) is 0.901. The lowest BCUT2D eigenvalue weighted by Gasteiger charge is -2.39. The molecule has 2 heterocycles. The van der Waals surface area contributed by atoms with Crippen LogP contribution in [0.2, 0.25) is 0 Å². The average Bonchev–Trinajstić information content (AvgIpc) is 2.73. The van der Waals surface area contributed by atoms with Crippen molar-refractivity contribution in [1.82, 2.24) is 9.88 Å². The molecular weight excluding hydrogens is 414 g/mol. The molecule has 5 heteroatoms. The molecule has 142 valence electrons. The molecule has 0 spiro atoms. The summed E-state index contributed by atoms with van der Waals surface area (Å²) < 4.78 is 1.04. The largest absolute Gasteiger partial charge is 0.396 e. The van der Waals surface area contributed by atoms with Crippen LogP contribution in [0.3, 0.4) is 0 Å². The maximum atomic E-state index is 9.49. The van der Waals surface area contributed by atoms with Crippen molar-refractivity contribution in [3.8, 4) is 0 Å². The lowest BCUT2D eigenvalue weighted by atomic mass is 9.93. The monoisotopic (exact) mass is 435 g/mol. The van der Waals surface area contributed by atoms with Gasteiger partial charge in [-0.3, -0.25) is 4.98 Å². The van der Waals surface area contributed by atoms with Gasteiger partial charge < -0.3 is 10.0 Å². The lowest BCUT2D eigenvalue weighted by Crippen LogP contribution is -2.40. The normalized spacial score (nSPS) is 15.9. The molecule has 1 unspecified atom stereocenters. The number of amidine groups is 1. The summed E-state index contributed by atoms with van der Waals surface area (Å²) in [7, 11) is 0. The SMILES string of the molecule is OCCCN1C(Cc2ccncc2)=Nc2ccc(Br)cc2C1c1ccccc1. The molecule has 0 saturated heterocycles. The Morgan fingerprint density at radius 3 is 2.54 bits per heavy atom. The highest BCUT2D eigenvalue weighted by Gasteiger charge is 2.31. The minimum atomic E-state index is 0.0644. The van der Waals surface area contributed by atoms with Gasteiger partial charge in [-0.05, 0) is 47.9 Å². The highest BCUT2D eigenvalue weighted by molar-refractivity contribution is 9.10. The summed E-state index contributed by atoms with van der Waals surface area (Å²) in [5, 5.41) is 9.49. The number of fused-ring (bicyclic) bond motifs is 1. The molecule has 28 heavy (non-hydrogen) atoms. The van der Waals surface area contributed by atoms with Crippen molar-refractivity contribution in [3.63, 3.8) is 0 Å². The molecule has 0 saturated carbocycles. The van der Waals surface area contributed by atoms with E-state index in [4.69, 9.17) is 4.99 Å². The van der Waals surface area contributed by atoms with Crippen LogP contribution in [-0.2, 0) is 6.42 Å². The Labute approximate surface area is 173 Å². The Morgan fingerprint density at radius 1 is 1.00 bits per heavy atom. The zero-order chi connectivity index (χ0) is 19.3. The van der Waals surface area contributed by atoms with Crippen molar-refractivity contribution >= 4 is 27.5 Å². The van der Waals surface area contributed by atoms with E-state index >= 15 is 0 Å². The maximum absolute atomic E-state index is 9.49. The van der Waals surface area contributed by atoms with Gasteiger partial charge in [-0.2, -0.15) is 0 Å². The number of aliphatic hydroxyl groups excluding tert-OH is 1. The lowest BCUT2D eigenvalue weighted by molar-refractivity contribution is 0.253. The number of nitrogens with zero attached hydrogens (tertiary/aromatic N) is 3. The van der Waals surface area contributed by atoms with E-state index in [9.17, 15) is 5.11 Å². The standard InChI is InChI=1S/C23H22BrN3O/c24-19-7-8-21-20(16-19)23(18-5-2-1-3-6-18)27(13-4-14-28)22(26-21)15-17-9-11-25-12-10-17/h1-3,5-12,16,23,28H,4,13-15H2. The number of benzene rings is 2. The number of aromatic nitrogens is 1.